The van der Waals surface area contributed by atoms with Crippen molar-refractivity contribution in [2.24, 2.45) is 52.3 Å². The lowest BCUT2D eigenvalue weighted by Crippen LogP contribution is -2.52. The molecule has 4 aliphatic rings. The van der Waals surface area contributed by atoms with Gasteiger partial charge in [-0.3, -0.25) is 0 Å². The molecule has 0 aliphatic heterocycles. The maximum atomic E-state index is 10.9. The van der Waals surface area contributed by atoms with E-state index in [1.807, 2.05) is 0 Å². The molecule has 2 nitrogen and oxygen atoms in total. The molecule has 2 unspecified atom stereocenters. The van der Waals surface area contributed by atoms with Gasteiger partial charge in [0.15, 0.2) is 0 Å². The normalized spacial score (nSPS) is 50.0. The molecule has 0 radical (unpaired) electrons. The van der Waals surface area contributed by atoms with Crippen molar-refractivity contribution in [1.29, 1.82) is 0 Å². The Labute approximate surface area is 199 Å². The minimum Gasteiger partial charge on any atom is -0.390 e. The molecule has 0 saturated heterocycles. The predicted octanol–water partition coefficient (Wildman–Crippen LogP) is 7.61. The standard InChI is InChI=1S/C30H54O2/c1-8-28(5)25(20(2)15-16-30(7,32)22-9-10-22)13-14-26(28)24-12-11-23-19-27(4,31)17-18-29(23,6)21(24)3/h20-26,31-32H,8-19H2,1-7H3/t20-,21+,23+,24?,25-,26?,27+,28-,29-,30+/m1/s1. The van der Waals surface area contributed by atoms with E-state index in [4.69, 9.17) is 0 Å². The van der Waals surface area contributed by atoms with Crippen LogP contribution >= 0.6 is 0 Å². The van der Waals surface area contributed by atoms with Gasteiger partial charge in [0.2, 0.25) is 0 Å². The first-order chi connectivity index (χ1) is 14.8. The number of rotatable bonds is 7. The van der Waals surface area contributed by atoms with Crippen LogP contribution in [-0.4, -0.2) is 21.4 Å². The summed E-state index contributed by atoms with van der Waals surface area (Å²) in [5.41, 5.74) is -0.0254. The Hall–Kier alpha value is -0.0800. The van der Waals surface area contributed by atoms with Crippen LogP contribution in [0, 0.1) is 52.3 Å². The maximum absolute atomic E-state index is 10.9. The Kier molecular flexibility index (Phi) is 6.68. The summed E-state index contributed by atoms with van der Waals surface area (Å²) >= 11 is 0. The van der Waals surface area contributed by atoms with Gasteiger partial charge in [0.1, 0.15) is 0 Å². The number of hydrogen-bond acceptors (Lipinski definition) is 2. The van der Waals surface area contributed by atoms with Crippen LogP contribution in [0.5, 0.6) is 0 Å². The van der Waals surface area contributed by atoms with Crippen LogP contribution in [0.15, 0.2) is 0 Å². The summed E-state index contributed by atoms with van der Waals surface area (Å²) in [4.78, 5) is 0. The predicted molar refractivity (Wildman–Crippen MR) is 134 cm³/mol. The van der Waals surface area contributed by atoms with E-state index in [9.17, 15) is 10.2 Å². The largest absolute Gasteiger partial charge is 0.390 e. The molecule has 0 heterocycles. The highest BCUT2D eigenvalue weighted by Crippen LogP contribution is 2.64. The van der Waals surface area contributed by atoms with Crippen LogP contribution in [0.25, 0.3) is 0 Å². The molecule has 4 saturated carbocycles. The first-order valence-corrected chi connectivity index (χ1v) is 14.3. The molecule has 0 aromatic carbocycles. The summed E-state index contributed by atoms with van der Waals surface area (Å²) < 4.78 is 0. The van der Waals surface area contributed by atoms with Crippen molar-refractivity contribution in [3.05, 3.63) is 0 Å². The smallest absolute Gasteiger partial charge is 0.0647 e. The molecule has 0 spiro atoms. The lowest BCUT2D eigenvalue weighted by atomic mass is 9.48. The van der Waals surface area contributed by atoms with Crippen LogP contribution < -0.4 is 0 Å². The molecule has 2 N–H and O–H groups in total. The zero-order chi connectivity index (χ0) is 23.5. The zero-order valence-corrected chi connectivity index (χ0v) is 22.4. The molecule has 4 aliphatic carbocycles. The van der Waals surface area contributed by atoms with E-state index in [-0.39, 0.29) is 0 Å². The van der Waals surface area contributed by atoms with Crippen molar-refractivity contribution in [3.8, 4) is 0 Å². The third-order valence-corrected chi connectivity index (χ3v) is 12.4. The lowest BCUT2D eigenvalue weighted by molar-refractivity contribution is -0.120. The van der Waals surface area contributed by atoms with Crippen molar-refractivity contribution < 1.29 is 10.2 Å². The first kappa shape index (κ1) is 25.0. The molecule has 2 heteroatoms. The molecule has 186 valence electrons. The average Bonchev–Trinajstić information content (AvgIpc) is 3.53. The Morgan fingerprint density at radius 2 is 1.69 bits per heavy atom. The van der Waals surface area contributed by atoms with E-state index in [0.29, 0.717) is 28.6 Å². The van der Waals surface area contributed by atoms with Crippen LogP contribution in [0.2, 0.25) is 0 Å². The molecule has 32 heavy (non-hydrogen) atoms. The van der Waals surface area contributed by atoms with Gasteiger partial charge in [0, 0.05) is 0 Å². The third kappa shape index (κ3) is 4.34. The van der Waals surface area contributed by atoms with Crippen molar-refractivity contribution in [2.75, 3.05) is 0 Å². The summed E-state index contributed by atoms with van der Waals surface area (Å²) in [5, 5.41) is 21.6. The van der Waals surface area contributed by atoms with Crippen molar-refractivity contribution in [2.45, 2.75) is 137 Å². The van der Waals surface area contributed by atoms with Crippen molar-refractivity contribution in [3.63, 3.8) is 0 Å². The Morgan fingerprint density at radius 1 is 1.00 bits per heavy atom. The summed E-state index contributed by atoms with van der Waals surface area (Å²) in [6.07, 6.45) is 14.6. The Balaban J connectivity index is 1.46. The van der Waals surface area contributed by atoms with Crippen LogP contribution in [-0.2, 0) is 0 Å². The molecule has 0 bridgehead atoms. The van der Waals surface area contributed by atoms with Gasteiger partial charge in [-0.1, -0.05) is 41.0 Å². The topological polar surface area (TPSA) is 40.5 Å². The van der Waals surface area contributed by atoms with Crippen LogP contribution in [0.3, 0.4) is 0 Å². The SMILES string of the molecule is CC[C@@]1(C)C(C2CC[C@H]3C[C@@](C)(O)CC[C@]3(C)[C@H]2C)CC[C@@H]1[C@H](C)CC[C@](C)(O)C1CC1. The molecule has 0 amide bonds. The lowest BCUT2D eigenvalue weighted by Gasteiger charge is -2.58. The summed E-state index contributed by atoms with van der Waals surface area (Å²) in [6, 6.07) is 0. The zero-order valence-electron chi connectivity index (χ0n) is 22.4. The summed E-state index contributed by atoms with van der Waals surface area (Å²) in [6.45, 7) is 16.9. The van der Waals surface area contributed by atoms with Crippen LogP contribution in [0.1, 0.15) is 126 Å². The molecule has 4 rings (SSSR count). The van der Waals surface area contributed by atoms with E-state index >= 15 is 0 Å². The number of fused-ring (bicyclic) bond motifs is 1. The molecular formula is C30H54O2. The Morgan fingerprint density at radius 3 is 2.31 bits per heavy atom. The Bertz CT molecular complexity index is 664. The average molecular weight is 447 g/mol. The first-order valence-electron chi connectivity index (χ1n) is 14.3. The minimum atomic E-state index is -0.440. The van der Waals surface area contributed by atoms with Gasteiger partial charge >= 0.3 is 0 Å². The number of hydrogen-bond donors (Lipinski definition) is 2. The maximum Gasteiger partial charge on any atom is 0.0647 e. The molecule has 10 atom stereocenters. The summed E-state index contributed by atoms with van der Waals surface area (Å²) in [5.74, 6) is 5.23. The van der Waals surface area contributed by atoms with Crippen molar-refractivity contribution >= 4 is 0 Å². The quantitative estimate of drug-likeness (QED) is 0.422. The van der Waals surface area contributed by atoms with Gasteiger partial charge in [-0.25, -0.2) is 0 Å². The second-order valence-corrected chi connectivity index (χ2v) is 14.2. The summed E-state index contributed by atoms with van der Waals surface area (Å²) in [7, 11) is 0. The van der Waals surface area contributed by atoms with E-state index < -0.39 is 11.2 Å². The molecule has 0 aromatic rings. The number of aliphatic hydroxyl groups is 2. The van der Waals surface area contributed by atoms with E-state index in [1.54, 1.807) is 0 Å². The fourth-order valence-corrected chi connectivity index (χ4v) is 9.41. The highest BCUT2D eigenvalue weighted by Gasteiger charge is 2.57. The second-order valence-electron chi connectivity index (χ2n) is 14.2. The van der Waals surface area contributed by atoms with Crippen molar-refractivity contribution in [1.82, 2.24) is 0 Å². The fourth-order valence-electron chi connectivity index (χ4n) is 9.41. The highest BCUT2D eigenvalue weighted by molar-refractivity contribution is 5.06. The fraction of sp³-hybridized carbons (Fsp3) is 1.00. The molecular weight excluding hydrogens is 392 g/mol. The van der Waals surface area contributed by atoms with Gasteiger partial charge in [0.25, 0.3) is 0 Å². The molecule has 0 aromatic heterocycles. The van der Waals surface area contributed by atoms with Gasteiger partial charge in [-0.05, 0) is 137 Å². The van der Waals surface area contributed by atoms with Crippen LogP contribution in [0.4, 0.5) is 0 Å². The monoisotopic (exact) mass is 446 g/mol. The van der Waals surface area contributed by atoms with Gasteiger partial charge in [0.05, 0.1) is 11.2 Å². The van der Waals surface area contributed by atoms with Gasteiger partial charge in [-0.15, -0.1) is 0 Å². The van der Waals surface area contributed by atoms with E-state index in [2.05, 4.69) is 48.5 Å². The van der Waals surface area contributed by atoms with E-state index in [1.165, 1.54) is 57.8 Å². The highest BCUT2D eigenvalue weighted by atomic mass is 16.3. The minimum absolute atomic E-state index is 0.409. The van der Waals surface area contributed by atoms with Gasteiger partial charge < -0.3 is 10.2 Å². The van der Waals surface area contributed by atoms with Gasteiger partial charge in [-0.2, -0.15) is 0 Å². The molecule has 4 fully saturated rings. The third-order valence-electron chi connectivity index (χ3n) is 12.4. The second kappa shape index (κ2) is 8.54. The van der Waals surface area contributed by atoms with E-state index in [0.717, 1.165) is 42.9 Å².